The molecule has 178 valence electrons. The predicted octanol–water partition coefficient (Wildman–Crippen LogP) is 5.84. The van der Waals surface area contributed by atoms with Crippen LogP contribution < -0.4 is 5.32 Å². The second-order valence-corrected chi connectivity index (χ2v) is 8.80. The molecular weight excluding hydrogens is 474 g/mol. The monoisotopic (exact) mass is 500 g/mol. The molecule has 34 heavy (non-hydrogen) atoms. The first kappa shape index (κ1) is 25.7. The molecule has 0 aliphatic carbocycles. The van der Waals surface area contributed by atoms with Crippen molar-refractivity contribution >= 4 is 35.0 Å². The van der Waals surface area contributed by atoms with Gasteiger partial charge in [0.1, 0.15) is 11.9 Å². The fourth-order valence-corrected chi connectivity index (χ4v) is 4.11. The molecule has 3 aromatic carbocycles. The molecule has 0 spiro atoms. The average Bonchev–Trinajstić information content (AvgIpc) is 2.83. The van der Waals surface area contributed by atoms with Crippen LogP contribution in [0.2, 0.25) is 10.0 Å². The van der Waals surface area contributed by atoms with Gasteiger partial charge in [0.2, 0.25) is 11.8 Å². The van der Waals surface area contributed by atoms with E-state index in [4.69, 9.17) is 23.2 Å². The molecular formula is C27H27Cl2FN2O2. The number of nitrogens with zero attached hydrogens (tertiary/aromatic N) is 1. The van der Waals surface area contributed by atoms with E-state index in [0.29, 0.717) is 23.6 Å². The Labute approximate surface area is 209 Å². The van der Waals surface area contributed by atoms with E-state index in [0.717, 1.165) is 12.0 Å². The summed E-state index contributed by atoms with van der Waals surface area (Å²) in [6.45, 7) is 2.54. The summed E-state index contributed by atoms with van der Waals surface area (Å²) in [6.07, 6.45) is 0.785. The maximum absolute atomic E-state index is 14.5. The van der Waals surface area contributed by atoms with Crippen molar-refractivity contribution in [2.45, 2.75) is 38.8 Å². The summed E-state index contributed by atoms with van der Waals surface area (Å²) in [7, 11) is 0. The first-order valence-corrected chi connectivity index (χ1v) is 11.9. The largest absolute Gasteiger partial charge is 0.354 e. The average molecular weight is 501 g/mol. The molecule has 0 unspecified atom stereocenters. The Morgan fingerprint density at radius 3 is 2.29 bits per heavy atom. The second kappa shape index (κ2) is 12.5. The highest BCUT2D eigenvalue weighted by atomic mass is 35.5. The highest BCUT2D eigenvalue weighted by Crippen LogP contribution is 2.24. The van der Waals surface area contributed by atoms with Crippen molar-refractivity contribution in [3.63, 3.8) is 0 Å². The zero-order valence-corrected chi connectivity index (χ0v) is 20.5. The van der Waals surface area contributed by atoms with Crippen molar-refractivity contribution in [3.05, 3.63) is 105 Å². The Hall–Kier alpha value is -2.89. The molecule has 1 N–H and O–H groups in total. The van der Waals surface area contributed by atoms with Crippen molar-refractivity contribution in [3.8, 4) is 0 Å². The van der Waals surface area contributed by atoms with Crippen LogP contribution in [0.1, 0.15) is 30.0 Å². The first-order chi connectivity index (χ1) is 16.4. The SMILES string of the molecule is CCCNC(=O)[C@@H](Cc1ccccc1)N(Cc1ccccc1Cl)C(=O)Cc1c(F)cccc1Cl. The zero-order valence-electron chi connectivity index (χ0n) is 18.9. The van der Waals surface area contributed by atoms with Crippen LogP contribution in [0.25, 0.3) is 0 Å². The molecule has 0 aromatic heterocycles. The molecule has 7 heteroatoms. The van der Waals surface area contributed by atoms with E-state index in [1.54, 1.807) is 18.2 Å². The minimum atomic E-state index is -0.816. The fourth-order valence-electron chi connectivity index (χ4n) is 3.68. The highest BCUT2D eigenvalue weighted by molar-refractivity contribution is 6.31. The number of rotatable bonds is 10. The standard InChI is InChI=1S/C27H27Cl2FN2O2/c1-2-15-31-27(34)25(16-19-9-4-3-5-10-19)32(18-20-11-6-7-12-22(20)28)26(33)17-21-23(29)13-8-14-24(21)30/h3-14,25H,2,15-18H2,1H3,(H,31,34)/t25-/m1/s1. The molecule has 0 aliphatic heterocycles. The fraction of sp³-hybridized carbons (Fsp3) is 0.259. The Bertz CT molecular complexity index is 1100. The Kier molecular flexibility index (Phi) is 9.49. The van der Waals surface area contributed by atoms with E-state index in [2.05, 4.69) is 5.32 Å². The molecule has 3 aromatic rings. The lowest BCUT2D eigenvalue weighted by Crippen LogP contribution is -2.51. The van der Waals surface area contributed by atoms with Crippen LogP contribution in [0.15, 0.2) is 72.8 Å². The second-order valence-electron chi connectivity index (χ2n) is 7.99. The number of amides is 2. The maximum atomic E-state index is 14.5. The van der Waals surface area contributed by atoms with E-state index in [1.165, 1.54) is 17.0 Å². The van der Waals surface area contributed by atoms with Gasteiger partial charge in [-0.05, 0) is 35.7 Å². The van der Waals surface area contributed by atoms with E-state index in [1.807, 2.05) is 49.4 Å². The van der Waals surface area contributed by atoms with Crippen LogP contribution >= 0.6 is 23.2 Å². The van der Waals surface area contributed by atoms with Gasteiger partial charge in [-0.1, -0.05) is 84.7 Å². The van der Waals surface area contributed by atoms with Gasteiger partial charge in [0, 0.05) is 35.1 Å². The number of benzene rings is 3. The van der Waals surface area contributed by atoms with Gasteiger partial charge in [0.05, 0.1) is 6.42 Å². The molecule has 0 fully saturated rings. The molecule has 0 radical (unpaired) electrons. The van der Waals surface area contributed by atoms with E-state index in [9.17, 15) is 14.0 Å². The lowest BCUT2D eigenvalue weighted by molar-refractivity contribution is -0.140. The topological polar surface area (TPSA) is 49.4 Å². The summed E-state index contributed by atoms with van der Waals surface area (Å²) in [5, 5.41) is 3.56. The zero-order chi connectivity index (χ0) is 24.5. The van der Waals surface area contributed by atoms with Gasteiger partial charge in [-0.3, -0.25) is 9.59 Å². The lowest BCUT2D eigenvalue weighted by atomic mass is 10.0. The van der Waals surface area contributed by atoms with Crippen LogP contribution in [0.4, 0.5) is 4.39 Å². The lowest BCUT2D eigenvalue weighted by Gasteiger charge is -2.32. The molecule has 4 nitrogen and oxygen atoms in total. The van der Waals surface area contributed by atoms with Crippen LogP contribution in [0.5, 0.6) is 0 Å². The van der Waals surface area contributed by atoms with Gasteiger partial charge < -0.3 is 10.2 Å². The van der Waals surface area contributed by atoms with E-state index < -0.39 is 17.8 Å². The van der Waals surface area contributed by atoms with Gasteiger partial charge >= 0.3 is 0 Å². The molecule has 0 saturated carbocycles. The van der Waals surface area contributed by atoms with Crippen molar-refractivity contribution in [2.24, 2.45) is 0 Å². The molecule has 1 atom stereocenters. The summed E-state index contributed by atoms with van der Waals surface area (Å²) >= 11 is 12.6. The number of nitrogens with one attached hydrogen (secondary N) is 1. The summed E-state index contributed by atoms with van der Waals surface area (Å²) in [6, 6.07) is 20.1. The predicted molar refractivity (Wildman–Crippen MR) is 134 cm³/mol. The molecule has 3 rings (SSSR count). The summed E-state index contributed by atoms with van der Waals surface area (Å²) in [5.74, 6) is -1.25. The van der Waals surface area contributed by atoms with Gasteiger partial charge in [-0.2, -0.15) is 0 Å². The highest BCUT2D eigenvalue weighted by Gasteiger charge is 2.31. The third-order valence-electron chi connectivity index (χ3n) is 5.51. The van der Waals surface area contributed by atoms with Crippen LogP contribution in [-0.2, 0) is 29.0 Å². The summed E-state index contributed by atoms with van der Waals surface area (Å²) in [4.78, 5) is 28.4. The molecule has 0 saturated heterocycles. The van der Waals surface area contributed by atoms with Gasteiger partial charge in [0.15, 0.2) is 0 Å². The Morgan fingerprint density at radius 2 is 1.62 bits per heavy atom. The number of hydrogen-bond donors (Lipinski definition) is 1. The third-order valence-corrected chi connectivity index (χ3v) is 6.23. The summed E-state index contributed by atoms with van der Waals surface area (Å²) in [5.41, 5.74) is 1.70. The van der Waals surface area contributed by atoms with Crippen LogP contribution in [0, 0.1) is 5.82 Å². The summed E-state index contributed by atoms with van der Waals surface area (Å²) < 4.78 is 14.5. The van der Waals surface area contributed by atoms with Crippen LogP contribution in [-0.4, -0.2) is 29.3 Å². The van der Waals surface area contributed by atoms with E-state index in [-0.39, 0.29) is 29.5 Å². The number of halogens is 3. The van der Waals surface area contributed by atoms with Crippen molar-refractivity contribution < 1.29 is 14.0 Å². The van der Waals surface area contributed by atoms with Crippen molar-refractivity contribution in [1.29, 1.82) is 0 Å². The molecule has 0 bridgehead atoms. The molecule has 0 aliphatic rings. The quantitative estimate of drug-likeness (QED) is 0.380. The van der Waals surface area contributed by atoms with Gasteiger partial charge in [-0.25, -0.2) is 4.39 Å². The smallest absolute Gasteiger partial charge is 0.243 e. The Morgan fingerprint density at radius 1 is 0.941 bits per heavy atom. The number of carbonyl (C=O) groups excluding carboxylic acids is 2. The minimum absolute atomic E-state index is 0.0988. The third kappa shape index (κ3) is 6.81. The van der Waals surface area contributed by atoms with Gasteiger partial charge in [-0.15, -0.1) is 0 Å². The Balaban J connectivity index is 2.00. The number of hydrogen-bond acceptors (Lipinski definition) is 2. The van der Waals surface area contributed by atoms with Crippen molar-refractivity contribution in [1.82, 2.24) is 10.2 Å². The number of carbonyl (C=O) groups is 2. The van der Waals surface area contributed by atoms with E-state index >= 15 is 0 Å². The van der Waals surface area contributed by atoms with Crippen LogP contribution in [0.3, 0.4) is 0 Å². The first-order valence-electron chi connectivity index (χ1n) is 11.2. The molecule has 2 amide bonds. The maximum Gasteiger partial charge on any atom is 0.243 e. The minimum Gasteiger partial charge on any atom is -0.354 e. The van der Waals surface area contributed by atoms with Crippen molar-refractivity contribution in [2.75, 3.05) is 6.54 Å². The van der Waals surface area contributed by atoms with Gasteiger partial charge in [0.25, 0.3) is 0 Å². The normalized spacial score (nSPS) is 11.6. The molecule has 0 heterocycles.